The number of hydrogen-bond acceptors (Lipinski definition) is 4. The van der Waals surface area contributed by atoms with Gasteiger partial charge in [-0.3, -0.25) is 14.5 Å². The smallest absolute Gasteiger partial charge is 0.261 e. The van der Waals surface area contributed by atoms with E-state index in [0.717, 1.165) is 0 Å². The minimum atomic E-state index is -0.265. The molecule has 0 bridgehead atoms. The van der Waals surface area contributed by atoms with Crippen molar-refractivity contribution in [2.24, 2.45) is 0 Å². The molecule has 0 aromatic heterocycles. The topological polar surface area (TPSA) is 66.8 Å². The summed E-state index contributed by atoms with van der Waals surface area (Å²) in [5, 5.41) is 9.54. The van der Waals surface area contributed by atoms with Crippen molar-refractivity contribution in [3.05, 3.63) is 58.6 Å². The van der Waals surface area contributed by atoms with Gasteiger partial charge >= 0.3 is 0 Å². The number of halogens is 1. The number of aromatic hydroxyl groups is 1. The highest BCUT2D eigenvalue weighted by molar-refractivity contribution is 6.32. The van der Waals surface area contributed by atoms with Crippen molar-refractivity contribution in [1.29, 1.82) is 0 Å². The summed E-state index contributed by atoms with van der Waals surface area (Å²) >= 11 is 5.79. The van der Waals surface area contributed by atoms with Crippen LogP contribution < -0.4 is 4.74 Å². The zero-order valence-corrected chi connectivity index (χ0v) is 12.9. The van der Waals surface area contributed by atoms with Gasteiger partial charge in [-0.15, -0.1) is 0 Å². The van der Waals surface area contributed by atoms with Gasteiger partial charge in [0.15, 0.2) is 0 Å². The predicted molar refractivity (Wildman–Crippen MR) is 85.0 cm³/mol. The number of rotatable bonds is 5. The number of hydrogen-bond donors (Lipinski definition) is 1. The van der Waals surface area contributed by atoms with Crippen molar-refractivity contribution in [3.63, 3.8) is 0 Å². The van der Waals surface area contributed by atoms with E-state index >= 15 is 0 Å². The Bertz CT molecular complexity index is 740. The molecule has 1 aliphatic heterocycles. The number of phenols is 1. The number of carbonyl (C=O) groups excluding carboxylic acids is 2. The van der Waals surface area contributed by atoms with Gasteiger partial charge in [0.25, 0.3) is 11.8 Å². The van der Waals surface area contributed by atoms with Crippen LogP contribution >= 0.6 is 11.6 Å². The van der Waals surface area contributed by atoms with E-state index in [0.29, 0.717) is 29.9 Å². The van der Waals surface area contributed by atoms with Crippen LogP contribution in [-0.2, 0) is 0 Å². The third kappa shape index (κ3) is 3.00. The monoisotopic (exact) mass is 331 g/mol. The summed E-state index contributed by atoms with van der Waals surface area (Å²) in [6.07, 6.45) is 0.504. The fourth-order valence-electron chi connectivity index (χ4n) is 2.43. The quantitative estimate of drug-likeness (QED) is 0.675. The molecule has 23 heavy (non-hydrogen) atoms. The van der Waals surface area contributed by atoms with Crippen LogP contribution in [0.2, 0.25) is 5.02 Å². The number of fused-ring (bicyclic) bond motifs is 1. The van der Waals surface area contributed by atoms with Gasteiger partial charge < -0.3 is 9.84 Å². The summed E-state index contributed by atoms with van der Waals surface area (Å²) < 4.78 is 5.50. The average Bonchev–Trinajstić information content (AvgIpc) is 2.80. The number of phenolic OH excluding ortho intramolecular Hbond substituents is 1. The molecule has 0 spiro atoms. The first kappa shape index (κ1) is 15.4. The average molecular weight is 332 g/mol. The minimum Gasteiger partial charge on any atom is -0.506 e. The molecular formula is C17H14ClNO4. The normalized spacial score (nSPS) is 13.3. The van der Waals surface area contributed by atoms with Crippen molar-refractivity contribution < 1.29 is 19.4 Å². The highest BCUT2D eigenvalue weighted by Crippen LogP contribution is 2.27. The number of benzene rings is 2. The van der Waals surface area contributed by atoms with E-state index in [1.165, 1.54) is 17.0 Å². The van der Waals surface area contributed by atoms with Crippen LogP contribution in [0.3, 0.4) is 0 Å². The fraction of sp³-hybridized carbons (Fsp3) is 0.176. The van der Waals surface area contributed by atoms with Crippen LogP contribution in [-0.4, -0.2) is 35.0 Å². The SMILES string of the molecule is O=C1c2ccccc2C(=O)N1CCCOc1ccc(O)c(Cl)c1. The molecule has 2 aromatic rings. The van der Waals surface area contributed by atoms with Crippen molar-refractivity contribution in [1.82, 2.24) is 4.90 Å². The molecule has 1 aliphatic rings. The van der Waals surface area contributed by atoms with Gasteiger partial charge in [-0.25, -0.2) is 0 Å². The second-order valence-corrected chi connectivity index (χ2v) is 5.53. The maximum atomic E-state index is 12.2. The third-order valence-corrected chi connectivity index (χ3v) is 3.89. The maximum Gasteiger partial charge on any atom is 0.261 e. The van der Waals surface area contributed by atoms with Gasteiger partial charge in [0.1, 0.15) is 11.5 Å². The highest BCUT2D eigenvalue weighted by Gasteiger charge is 2.34. The number of nitrogens with zero attached hydrogens (tertiary/aromatic N) is 1. The summed E-state index contributed by atoms with van der Waals surface area (Å²) in [7, 11) is 0. The molecule has 1 heterocycles. The molecule has 0 unspecified atom stereocenters. The van der Waals surface area contributed by atoms with Gasteiger partial charge in [-0.05, 0) is 30.7 Å². The van der Waals surface area contributed by atoms with Gasteiger partial charge in [-0.1, -0.05) is 23.7 Å². The number of carbonyl (C=O) groups is 2. The first-order chi connectivity index (χ1) is 11.1. The Kier molecular flexibility index (Phi) is 4.21. The predicted octanol–water partition coefficient (Wildman–Crippen LogP) is 3.11. The third-order valence-electron chi connectivity index (χ3n) is 3.59. The number of imide groups is 1. The lowest BCUT2D eigenvalue weighted by molar-refractivity contribution is 0.0646. The lowest BCUT2D eigenvalue weighted by Crippen LogP contribution is -2.31. The molecule has 0 saturated carbocycles. The number of amides is 2. The zero-order chi connectivity index (χ0) is 16.4. The summed E-state index contributed by atoms with van der Waals surface area (Å²) in [4.78, 5) is 25.6. The van der Waals surface area contributed by atoms with E-state index in [2.05, 4.69) is 0 Å². The van der Waals surface area contributed by atoms with E-state index in [-0.39, 0.29) is 29.1 Å². The highest BCUT2D eigenvalue weighted by atomic mass is 35.5. The van der Waals surface area contributed by atoms with Crippen LogP contribution in [0.4, 0.5) is 0 Å². The van der Waals surface area contributed by atoms with E-state index in [1.54, 1.807) is 30.3 Å². The largest absolute Gasteiger partial charge is 0.506 e. The van der Waals surface area contributed by atoms with Crippen molar-refractivity contribution >= 4 is 23.4 Å². The van der Waals surface area contributed by atoms with E-state index < -0.39 is 0 Å². The fourth-order valence-corrected chi connectivity index (χ4v) is 2.60. The Balaban J connectivity index is 1.55. The van der Waals surface area contributed by atoms with Crippen LogP contribution in [0.15, 0.2) is 42.5 Å². The molecule has 0 saturated heterocycles. The van der Waals surface area contributed by atoms with E-state index in [9.17, 15) is 14.7 Å². The second-order valence-electron chi connectivity index (χ2n) is 5.12. The first-order valence-corrected chi connectivity index (χ1v) is 7.52. The molecule has 0 fully saturated rings. The van der Waals surface area contributed by atoms with Gasteiger partial charge in [-0.2, -0.15) is 0 Å². The minimum absolute atomic E-state index is 0.00922. The molecule has 118 valence electrons. The van der Waals surface area contributed by atoms with Gasteiger partial charge in [0.2, 0.25) is 0 Å². The number of ether oxygens (including phenoxy) is 1. The molecule has 5 nitrogen and oxygen atoms in total. The Morgan fingerprint density at radius 2 is 1.70 bits per heavy atom. The van der Waals surface area contributed by atoms with Crippen LogP contribution in [0.1, 0.15) is 27.1 Å². The molecular weight excluding hydrogens is 318 g/mol. The van der Waals surface area contributed by atoms with Crippen molar-refractivity contribution in [2.75, 3.05) is 13.2 Å². The first-order valence-electron chi connectivity index (χ1n) is 7.14. The maximum absolute atomic E-state index is 12.2. The molecule has 0 aliphatic carbocycles. The Labute approximate surface area is 138 Å². The second kappa shape index (κ2) is 6.30. The Morgan fingerprint density at radius 3 is 2.30 bits per heavy atom. The summed E-state index contributed by atoms with van der Waals surface area (Å²) in [6.45, 7) is 0.618. The molecule has 2 aromatic carbocycles. The van der Waals surface area contributed by atoms with E-state index in [4.69, 9.17) is 16.3 Å². The molecule has 1 N–H and O–H groups in total. The van der Waals surface area contributed by atoms with Crippen LogP contribution in [0.25, 0.3) is 0 Å². The lowest BCUT2D eigenvalue weighted by atomic mass is 10.1. The molecule has 0 radical (unpaired) electrons. The Morgan fingerprint density at radius 1 is 1.04 bits per heavy atom. The summed E-state index contributed by atoms with van der Waals surface area (Å²) in [5.74, 6) is -0.0169. The summed E-state index contributed by atoms with van der Waals surface area (Å²) in [5.41, 5.74) is 0.896. The van der Waals surface area contributed by atoms with Crippen LogP contribution in [0.5, 0.6) is 11.5 Å². The molecule has 2 amide bonds. The molecule has 3 rings (SSSR count). The molecule has 0 atom stereocenters. The van der Waals surface area contributed by atoms with Crippen molar-refractivity contribution in [2.45, 2.75) is 6.42 Å². The van der Waals surface area contributed by atoms with E-state index in [1.807, 2.05) is 0 Å². The van der Waals surface area contributed by atoms with Crippen molar-refractivity contribution in [3.8, 4) is 11.5 Å². The van der Waals surface area contributed by atoms with Gasteiger partial charge in [0.05, 0.1) is 22.8 Å². The summed E-state index contributed by atoms with van der Waals surface area (Å²) in [6, 6.07) is 11.4. The molecule has 6 heteroatoms. The lowest BCUT2D eigenvalue weighted by Gasteiger charge is -2.14. The zero-order valence-electron chi connectivity index (χ0n) is 12.2. The Hall–Kier alpha value is -2.53. The van der Waals surface area contributed by atoms with Crippen LogP contribution in [0, 0.1) is 0 Å². The van der Waals surface area contributed by atoms with Gasteiger partial charge in [0, 0.05) is 12.6 Å². The standard InChI is InChI=1S/C17H14ClNO4/c18-14-10-11(6-7-15(14)20)23-9-3-8-19-16(21)12-4-1-2-5-13(12)17(19)22/h1-2,4-7,10,20H,3,8-9H2.